The summed E-state index contributed by atoms with van der Waals surface area (Å²) in [7, 11) is -4.54. The average Bonchev–Trinajstić information content (AvgIpc) is 3.19. The number of nitrogens with one attached hydrogen (secondary N) is 2. The van der Waals surface area contributed by atoms with Crippen LogP contribution in [0.4, 0.5) is 9.59 Å². The molecular formula is C30H43BN2O2Si2. The van der Waals surface area contributed by atoms with Gasteiger partial charge in [0.1, 0.15) is 15.9 Å². The van der Waals surface area contributed by atoms with Crippen molar-refractivity contribution in [2.75, 3.05) is 0 Å². The van der Waals surface area contributed by atoms with Crippen molar-refractivity contribution in [1.82, 2.24) is 10.5 Å². The Labute approximate surface area is 225 Å². The standard InChI is InChI=1S/C30H43BN2O2Si2/c1-10-12-22-15-21-13-11-14-26(25-17-23(19(2)3)16-24(18-25)20(4)5)27(21)28(22)32-29(34)36(6,7)31-33-30(35)37(31,8)9/h11,13-20,28H,10,12H2,1-9H3,(H,32,34)(H,33,35). The summed E-state index contributed by atoms with van der Waals surface area (Å²) in [6, 6.07) is 13.5. The van der Waals surface area contributed by atoms with Crippen molar-refractivity contribution in [3.8, 4) is 11.1 Å². The van der Waals surface area contributed by atoms with Gasteiger partial charge in [0, 0.05) is 0 Å². The summed E-state index contributed by atoms with van der Waals surface area (Å²) in [6.45, 7) is 19.6. The zero-order valence-electron chi connectivity index (χ0n) is 24.1. The second kappa shape index (κ2) is 10.1. The molecule has 2 amide bonds. The minimum absolute atomic E-state index is 0.0681. The summed E-state index contributed by atoms with van der Waals surface area (Å²) in [5, 5.41) is 6.64. The van der Waals surface area contributed by atoms with E-state index in [-0.39, 0.29) is 23.1 Å². The van der Waals surface area contributed by atoms with Gasteiger partial charge in [0.25, 0.3) is 6.03 Å². The number of carbonyl (C=O) groups is 2. The summed E-state index contributed by atoms with van der Waals surface area (Å²) in [6.07, 6.45) is 4.27. The minimum atomic E-state index is -2.43. The summed E-state index contributed by atoms with van der Waals surface area (Å²) in [5.74, 6) is 0.881. The number of benzene rings is 2. The molecule has 196 valence electrons. The van der Waals surface area contributed by atoms with Crippen LogP contribution >= 0.6 is 0 Å². The molecule has 0 bridgehead atoms. The Morgan fingerprint density at radius 2 is 1.70 bits per heavy atom. The Morgan fingerprint density at radius 3 is 2.22 bits per heavy atom. The smallest absolute Gasteiger partial charge is 0.254 e. The van der Waals surface area contributed by atoms with Gasteiger partial charge < -0.3 is 10.5 Å². The molecule has 1 heterocycles. The summed E-state index contributed by atoms with van der Waals surface area (Å²) in [5.41, 5.74) is 9.16. The van der Waals surface area contributed by atoms with Crippen LogP contribution in [0.25, 0.3) is 17.2 Å². The molecule has 2 aromatic rings. The summed E-state index contributed by atoms with van der Waals surface area (Å²) in [4.78, 5) is 26.2. The first-order valence-electron chi connectivity index (χ1n) is 13.9. The van der Waals surface area contributed by atoms with E-state index < -0.39 is 15.9 Å². The molecule has 1 atom stereocenters. The lowest BCUT2D eigenvalue weighted by atomic mass is 9.87. The monoisotopic (exact) mass is 530 g/mol. The lowest BCUT2D eigenvalue weighted by Gasteiger charge is -2.46. The summed E-state index contributed by atoms with van der Waals surface area (Å²) < 4.78 is 0. The van der Waals surface area contributed by atoms with Gasteiger partial charge in [-0.25, -0.2) is 0 Å². The van der Waals surface area contributed by atoms with Crippen LogP contribution in [-0.2, 0) is 0 Å². The Kier molecular flexibility index (Phi) is 7.52. The van der Waals surface area contributed by atoms with Gasteiger partial charge in [0.05, 0.1) is 6.04 Å². The molecule has 7 heteroatoms. The number of fused-ring (bicyclic) bond motifs is 1. The van der Waals surface area contributed by atoms with E-state index in [9.17, 15) is 9.59 Å². The van der Waals surface area contributed by atoms with Crippen LogP contribution in [0.5, 0.6) is 0 Å². The first-order valence-corrected chi connectivity index (χ1v) is 20.0. The number of rotatable bonds is 8. The zero-order valence-corrected chi connectivity index (χ0v) is 26.1. The number of hydrogen-bond donors (Lipinski definition) is 2. The van der Waals surface area contributed by atoms with Crippen molar-refractivity contribution in [2.45, 2.75) is 91.5 Å². The highest BCUT2D eigenvalue weighted by molar-refractivity contribution is 7.75. The maximum Gasteiger partial charge on any atom is 0.254 e. The molecule has 2 aromatic carbocycles. The van der Waals surface area contributed by atoms with Crippen LogP contribution in [-0.4, -0.2) is 33.0 Å². The number of hydrogen-bond acceptors (Lipinski definition) is 2. The van der Waals surface area contributed by atoms with E-state index in [0.717, 1.165) is 12.8 Å². The first kappa shape index (κ1) is 27.6. The summed E-state index contributed by atoms with van der Waals surface area (Å²) >= 11 is 0. The van der Waals surface area contributed by atoms with Crippen LogP contribution in [0.2, 0.25) is 26.2 Å². The number of amides is 2. The van der Waals surface area contributed by atoms with Crippen molar-refractivity contribution >= 4 is 39.1 Å². The molecule has 2 N–H and O–H groups in total. The Morgan fingerprint density at radius 1 is 1.08 bits per heavy atom. The highest BCUT2D eigenvalue weighted by Crippen LogP contribution is 2.44. The lowest BCUT2D eigenvalue weighted by Crippen LogP contribution is -2.87. The molecule has 4 rings (SSSR count). The third-order valence-corrected chi connectivity index (χ3v) is 18.6. The van der Waals surface area contributed by atoms with Gasteiger partial charge in [-0.15, -0.1) is 0 Å². The van der Waals surface area contributed by atoms with E-state index in [1.807, 2.05) is 0 Å². The van der Waals surface area contributed by atoms with E-state index >= 15 is 0 Å². The van der Waals surface area contributed by atoms with E-state index in [0.29, 0.717) is 11.8 Å². The Bertz CT molecular complexity index is 1240. The van der Waals surface area contributed by atoms with Gasteiger partial charge in [-0.1, -0.05) is 110 Å². The van der Waals surface area contributed by atoms with Gasteiger partial charge in [-0.2, -0.15) is 0 Å². The third kappa shape index (κ3) is 4.92. The van der Waals surface area contributed by atoms with E-state index in [1.54, 1.807) is 0 Å². The van der Waals surface area contributed by atoms with Crippen LogP contribution in [0, 0.1) is 0 Å². The highest BCUT2D eigenvalue weighted by atomic mass is 28.4. The Balaban J connectivity index is 1.77. The second-order valence-electron chi connectivity index (χ2n) is 12.7. The van der Waals surface area contributed by atoms with Crippen molar-refractivity contribution in [1.29, 1.82) is 0 Å². The molecule has 2 aliphatic rings. The van der Waals surface area contributed by atoms with E-state index in [1.165, 1.54) is 39.0 Å². The van der Waals surface area contributed by atoms with Crippen LogP contribution < -0.4 is 10.5 Å². The SMILES string of the molecule is CCCC1=Cc2cccc(-c3cc(C(C)C)cc(C(C)C)c3)c2C1NC(=O)[Si](C)(C)B1NC(=O)[Si]1(C)C. The lowest BCUT2D eigenvalue weighted by molar-refractivity contribution is 0.256. The molecule has 4 nitrogen and oxygen atoms in total. The van der Waals surface area contributed by atoms with Crippen LogP contribution in [0.15, 0.2) is 42.0 Å². The Hall–Kier alpha value is -2.38. The molecular weight excluding hydrogens is 487 g/mol. The minimum Gasteiger partial charge on any atom is -0.408 e. The fourth-order valence-electron chi connectivity index (χ4n) is 6.00. The predicted octanol–water partition coefficient (Wildman–Crippen LogP) is 8.00. The van der Waals surface area contributed by atoms with E-state index in [2.05, 4.69) is 114 Å². The molecule has 0 saturated carbocycles. The molecule has 0 spiro atoms. The quantitative estimate of drug-likeness (QED) is 0.340. The van der Waals surface area contributed by atoms with Crippen molar-refractivity contribution in [2.24, 2.45) is 0 Å². The molecule has 0 aromatic heterocycles. The molecule has 1 saturated heterocycles. The highest BCUT2D eigenvalue weighted by Gasteiger charge is 2.63. The normalized spacial score (nSPS) is 18.5. The van der Waals surface area contributed by atoms with Gasteiger partial charge in [0.15, 0.2) is 11.1 Å². The molecule has 1 unspecified atom stereocenters. The predicted molar refractivity (Wildman–Crippen MR) is 163 cm³/mol. The maximum absolute atomic E-state index is 13.9. The second-order valence-corrected chi connectivity index (χ2v) is 22.3. The number of carbonyl (C=O) groups excluding carboxylic acids is 2. The molecule has 1 aliphatic carbocycles. The zero-order chi connectivity index (χ0) is 27.3. The third-order valence-electron chi connectivity index (χ3n) is 8.47. The molecule has 1 aliphatic heterocycles. The van der Waals surface area contributed by atoms with Crippen LogP contribution in [0.3, 0.4) is 0 Å². The van der Waals surface area contributed by atoms with Gasteiger partial charge in [-0.3, -0.25) is 9.59 Å². The van der Waals surface area contributed by atoms with E-state index in [4.69, 9.17) is 0 Å². The largest absolute Gasteiger partial charge is 0.408 e. The first-order chi connectivity index (χ1) is 17.3. The van der Waals surface area contributed by atoms with Crippen molar-refractivity contribution in [3.63, 3.8) is 0 Å². The topological polar surface area (TPSA) is 58.2 Å². The molecule has 37 heavy (non-hydrogen) atoms. The fourth-order valence-corrected chi connectivity index (χ4v) is 16.5. The van der Waals surface area contributed by atoms with Gasteiger partial charge in [0.2, 0.25) is 0 Å². The average molecular weight is 531 g/mol. The van der Waals surface area contributed by atoms with Gasteiger partial charge >= 0.3 is 0 Å². The van der Waals surface area contributed by atoms with Crippen LogP contribution in [0.1, 0.15) is 87.6 Å². The van der Waals surface area contributed by atoms with Gasteiger partial charge in [-0.05, 0) is 57.2 Å². The fraction of sp³-hybridized carbons (Fsp3) is 0.467. The van der Waals surface area contributed by atoms with Crippen molar-refractivity contribution < 1.29 is 9.59 Å². The van der Waals surface area contributed by atoms with Crippen molar-refractivity contribution in [3.05, 3.63) is 64.2 Å². The molecule has 0 radical (unpaired) electrons. The maximum atomic E-state index is 13.9. The molecule has 1 fully saturated rings.